The largest absolute Gasteiger partial charge is 0.368 e. The Bertz CT molecular complexity index is 162. The normalized spacial score (nSPS) is 22.2. The number of carbonyl (C=O) groups is 1. The highest BCUT2D eigenvalue weighted by Crippen LogP contribution is 2.11. The Hall–Kier alpha value is -0.570. The molecule has 1 heterocycles. The summed E-state index contributed by atoms with van der Waals surface area (Å²) in [6, 6.07) is 0. The van der Waals surface area contributed by atoms with Gasteiger partial charge >= 0.3 is 0 Å². The Morgan fingerprint density at radius 2 is 2.38 bits per heavy atom. The fraction of sp³-hybridized carbons (Fsp3) is 0.900. The molecule has 3 nitrogen and oxygen atoms in total. The van der Waals surface area contributed by atoms with Gasteiger partial charge in [-0.05, 0) is 25.2 Å². The fourth-order valence-corrected chi connectivity index (χ4v) is 1.38. The summed E-state index contributed by atoms with van der Waals surface area (Å²) in [7, 11) is 0. The molecular formula is C10H19NO2. The lowest BCUT2D eigenvalue weighted by Gasteiger charge is -2.11. The standard InChI is InChI=1S/C10H19NO2/c1-8(2)5-6-11-10(12)9-4-3-7-13-9/h8-9H,3-7H2,1-2H3,(H,11,12). The summed E-state index contributed by atoms with van der Waals surface area (Å²) in [6.07, 6.45) is 2.76. The summed E-state index contributed by atoms with van der Waals surface area (Å²) >= 11 is 0. The van der Waals surface area contributed by atoms with Gasteiger partial charge in [-0.2, -0.15) is 0 Å². The number of hydrogen-bond donors (Lipinski definition) is 1. The second kappa shape index (κ2) is 5.22. The molecule has 0 aromatic rings. The maximum atomic E-state index is 11.4. The van der Waals surface area contributed by atoms with Gasteiger partial charge in [0.15, 0.2) is 0 Å². The Morgan fingerprint density at radius 3 is 2.92 bits per heavy atom. The molecule has 1 saturated heterocycles. The summed E-state index contributed by atoms with van der Waals surface area (Å²) in [4.78, 5) is 11.4. The highest BCUT2D eigenvalue weighted by molar-refractivity contribution is 5.80. The van der Waals surface area contributed by atoms with Crippen LogP contribution in [0.1, 0.15) is 33.1 Å². The molecular weight excluding hydrogens is 166 g/mol. The number of carbonyl (C=O) groups excluding carboxylic acids is 1. The van der Waals surface area contributed by atoms with Crippen molar-refractivity contribution in [2.45, 2.75) is 39.2 Å². The molecule has 0 spiro atoms. The van der Waals surface area contributed by atoms with Crippen LogP contribution in [0.5, 0.6) is 0 Å². The zero-order valence-corrected chi connectivity index (χ0v) is 8.51. The van der Waals surface area contributed by atoms with Crippen LogP contribution in [0.3, 0.4) is 0 Å². The smallest absolute Gasteiger partial charge is 0.249 e. The van der Waals surface area contributed by atoms with Crippen LogP contribution in [0.15, 0.2) is 0 Å². The second-order valence-corrected chi connectivity index (χ2v) is 3.98. The first-order chi connectivity index (χ1) is 6.20. The van der Waals surface area contributed by atoms with E-state index in [1.165, 1.54) is 0 Å². The number of nitrogens with one attached hydrogen (secondary N) is 1. The number of hydrogen-bond acceptors (Lipinski definition) is 2. The van der Waals surface area contributed by atoms with E-state index >= 15 is 0 Å². The molecule has 1 unspecified atom stereocenters. The highest BCUT2D eigenvalue weighted by atomic mass is 16.5. The van der Waals surface area contributed by atoms with Crippen LogP contribution < -0.4 is 5.32 Å². The molecule has 0 aromatic carbocycles. The molecule has 1 atom stereocenters. The molecule has 1 aliphatic heterocycles. The number of ether oxygens (including phenoxy) is 1. The summed E-state index contributed by atoms with van der Waals surface area (Å²) < 4.78 is 5.26. The Labute approximate surface area is 79.8 Å². The van der Waals surface area contributed by atoms with Crippen molar-refractivity contribution >= 4 is 5.91 Å². The van der Waals surface area contributed by atoms with Crippen molar-refractivity contribution in [1.82, 2.24) is 5.32 Å². The molecule has 1 N–H and O–H groups in total. The monoisotopic (exact) mass is 185 g/mol. The predicted molar refractivity (Wildman–Crippen MR) is 51.4 cm³/mol. The van der Waals surface area contributed by atoms with Gasteiger partial charge in [0.05, 0.1) is 0 Å². The molecule has 0 radical (unpaired) electrons. The van der Waals surface area contributed by atoms with Gasteiger partial charge in [0.25, 0.3) is 0 Å². The second-order valence-electron chi connectivity index (χ2n) is 3.98. The van der Waals surface area contributed by atoms with Crippen molar-refractivity contribution in [3.05, 3.63) is 0 Å². The first-order valence-electron chi connectivity index (χ1n) is 5.09. The first kappa shape index (κ1) is 10.5. The van der Waals surface area contributed by atoms with Crippen molar-refractivity contribution < 1.29 is 9.53 Å². The van der Waals surface area contributed by atoms with Crippen LogP contribution >= 0.6 is 0 Å². The van der Waals surface area contributed by atoms with E-state index in [1.807, 2.05) is 0 Å². The maximum absolute atomic E-state index is 11.4. The van der Waals surface area contributed by atoms with E-state index in [0.29, 0.717) is 5.92 Å². The average molecular weight is 185 g/mol. The van der Waals surface area contributed by atoms with E-state index in [4.69, 9.17) is 4.74 Å². The Morgan fingerprint density at radius 1 is 1.62 bits per heavy atom. The molecule has 1 rings (SSSR count). The minimum absolute atomic E-state index is 0.0677. The maximum Gasteiger partial charge on any atom is 0.249 e. The fourth-order valence-electron chi connectivity index (χ4n) is 1.38. The minimum Gasteiger partial charge on any atom is -0.368 e. The zero-order valence-electron chi connectivity index (χ0n) is 8.51. The quantitative estimate of drug-likeness (QED) is 0.717. The third kappa shape index (κ3) is 3.77. The number of rotatable bonds is 4. The third-order valence-electron chi connectivity index (χ3n) is 2.24. The molecule has 1 aliphatic rings. The van der Waals surface area contributed by atoms with E-state index < -0.39 is 0 Å². The summed E-state index contributed by atoms with van der Waals surface area (Å²) in [5, 5.41) is 2.89. The predicted octanol–water partition coefficient (Wildman–Crippen LogP) is 1.33. The molecule has 0 aromatic heterocycles. The van der Waals surface area contributed by atoms with Crippen molar-refractivity contribution in [1.29, 1.82) is 0 Å². The summed E-state index contributed by atoms with van der Waals surface area (Å²) in [5.41, 5.74) is 0. The lowest BCUT2D eigenvalue weighted by Crippen LogP contribution is -2.35. The van der Waals surface area contributed by atoms with E-state index in [-0.39, 0.29) is 12.0 Å². The van der Waals surface area contributed by atoms with E-state index in [2.05, 4.69) is 19.2 Å². The molecule has 13 heavy (non-hydrogen) atoms. The van der Waals surface area contributed by atoms with Gasteiger partial charge in [-0.3, -0.25) is 4.79 Å². The minimum atomic E-state index is -0.174. The van der Waals surface area contributed by atoms with Crippen molar-refractivity contribution in [2.75, 3.05) is 13.2 Å². The molecule has 3 heteroatoms. The lowest BCUT2D eigenvalue weighted by molar-refractivity contribution is -0.130. The number of amides is 1. The van der Waals surface area contributed by atoms with Gasteiger partial charge in [-0.1, -0.05) is 13.8 Å². The van der Waals surface area contributed by atoms with Gasteiger partial charge in [0.2, 0.25) is 5.91 Å². The topological polar surface area (TPSA) is 38.3 Å². The van der Waals surface area contributed by atoms with Crippen LogP contribution in [-0.2, 0) is 9.53 Å². The SMILES string of the molecule is CC(C)CCNC(=O)C1CCCO1. The molecule has 0 saturated carbocycles. The van der Waals surface area contributed by atoms with Gasteiger partial charge < -0.3 is 10.1 Å². The molecule has 0 aliphatic carbocycles. The van der Waals surface area contributed by atoms with Crippen LogP contribution in [0, 0.1) is 5.92 Å². The van der Waals surface area contributed by atoms with E-state index in [0.717, 1.165) is 32.4 Å². The van der Waals surface area contributed by atoms with E-state index in [1.54, 1.807) is 0 Å². The molecule has 1 fully saturated rings. The molecule has 76 valence electrons. The van der Waals surface area contributed by atoms with E-state index in [9.17, 15) is 4.79 Å². The van der Waals surface area contributed by atoms with Crippen LogP contribution in [0.2, 0.25) is 0 Å². The third-order valence-corrected chi connectivity index (χ3v) is 2.24. The van der Waals surface area contributed by atoms with Crippen LogP contribution in [0.4, 0.5) is 0 Å². The van der Waals surface area contributed by atoms with Crippen molar-refractivity contribution in [3.63, 3.8) is 0 Å². The summed E-state index contributed by atoms with van der Waals surface area (Å²) in [6.45, 7) is 5.81. The van der Waals surface area contributed by atoms with Gasteiger partial charge in [0.1, 0.15) is 6.10 Å². The first-order valence-corrected chi connectivity index (χ1v) is 5.09. The lowest BCUT2D eigenvalue weighted by atomic mass is 10.1. The van der Waals surface area contributed by atoms with Crippen LogP contribution in [-0.4, -0.2) is 25.2 Å². The average Bonchev–Trinajstić information content (AvgIpc) is 2.55. The van der Waals surface area contributed by atoms with Crippen molar-refractivity contribution in [3.8, 4) is 0 Å². The molecule has 0 bridgehead atoms. The summed E-state index contributed by atoms with van der Waals surface area (Å²) in [5.74, 6) is 0.711. The van der Waals surface area contributed by atoms with Gasteiger partial charge in [-0.15, -0.1) is 0 Å². The van der Waals surface area contributed by atoms with Gasteiger partial charge in [0, 0.05) is 13.2 Å². The zero-order chi connectivity index (χ0) is 9.68. The van der Waals surface area contributed by atoms with Crippen molar-refractivity contribution in [2.24, 2.45) is 5.92 Å². The Kier molecular flexibility index (Phi) is 4.22. The molecule has 1 amide bonds. The van der Waals surface area contributed by atoms with Gasteiger partial charge in [-0.25, -0.2) is 0 Å². The van der Waals surface area contributed by atoms with Crippen LogP contribution in [0.25, 0.3) is 0 Å². The highest BCUT2D eigenvalue weighted by Gasteiger charge is 2.22. The Balaban J connectivity index is 2.10.